The van der Waals surface area contributed by atoms with E-state index in [1.165, 1.54) is 31.2 Å². The zero-order valence-electron chi connectivity index (χ0n) is 13.4. The van der Waals surface area contributed by atoms with Gasteiger partial charge in [-0.3, -0.25) is 0 Å². The van der Waals surface area contributed by atoms with Crippen LogP contribution in [0.5, 0.6) is 5.75 Å². The highest BCUT2D eigenvalue weighted by Crippen LogP contribution is 2.16. The molecule has 2 aromatic carbocycles. The summed E-state index contributed by atoms with van der Waals surface area (Å²) >= 11 is 0. The van der Waals surface area contributed by atoms with E-state index < -0.39 is 5.97 Å². The quantitative estimate of drug-likeness (QED) is 0.415. The Morgan fingerprint density at radius 1 is 1.00 bits per heavy atom. The summed E-state index contributed by atoms with van der Waals surface area (Å²) in [6.45, 7) is 2.21. The first-order valence-electron chi connectivity index (χ1n) is 8.04. The molecule has 0 aliphatic carbocycles. The number of unbranched alkanes of at least 4 members (excludes halogenated alkanes) is 3. The second kappa shape index (κ2) is 8.75. The number of carbonyl (C=O) groups excluding carboxylic acids is 1. The molecule has 0 fully saturated rings. The highest BCUT2D eigenvalue weighted by Gasteiger charge is 2.08. The average molecular weight is 307 g/mol. The third kappa shape index (κ3) is 5.27. The third-order valence-corrected chi connectivity index (χ3v) is 3.70. The maximum absolute atomic E-state index is 12.0. The highest BCUT2D eigenvalue weighted by atomic mass is 16.5. The van der Waals surface area contributed by atoms with Crippen molar-refractivity contribution >= 4 is 5.97 Å². The Kier molecular flexibility index (Phi) is 6.38. The number of ether oxygens (including phenoxy) is 1. The van der Waals surface area contributed by atoms with E-state index in [0.717, 1.165) is 6.42 Å². The molecule has 0 aromatic heterocycles. The summed E-state index contributed by atoms with van der Waals surface area (Å²) in [6, 6.07) is 16.1. The molecule has 0 aliphatic rings. The molecule has 0 bridgehead atoms. The minimum absolute atomic E-state index is 0.412. The van der Waals surface area contributed by atoms with Crippen molar-refractivity contribution in [3.63, 3.8) is 0 Å². The van der Waals surface area contributed by atoms with Gasteiger partial charge in [0.2, 0.25) is 0 Å². The van der Waals surface area contributed by atoms with Gasteiger partial charge in [-0.05, 0) is 54.8 Å². The molecule has 0 heterocycles. The molecule has 0 atom stereocenters. The summed E-state index contributed by atoms with van der Waals surface area (Å²) in [4.78, 5) is 12.0. The van der Waals surface area contributed by atoms with Gasteiger partial charge >= 0.3 is 5.97 Å². The first-order valence-corrected chi connectivity index (χ1v) is 8.04. The van der Waals surface area contributed by atoms with Gasteiger partial charge in [0, 0.05) is 0 Å². The van der Waals surface area contributed by atoms with Crippen LogP contribution in [-0.2, 0) is 6.42 Å². The number of esters is 1. The Morgan fingerprint density at radius 3 is 2.30 bits per heavy atom. The van der Waals surface area contributed by atoms with Crippen molar-refractivity contribution in [2.75, 3.05) is 0 Å². The maximum Gasteiger partial charge on any atom is 0.343 e. The molecule has 0 N–H and O–H groups in total. The van der Waals surface area contributed by atoms with Crippen molar-refractivity contribution in [2.45, 2.75) is 39.0 Å². The van der Waals surface area contributed by atoms with Gasteiger partial charge in [0.05, 0.1) is 17.2 Å². The fourth-order valence-corrected chi connectivity index (χ4v) is 2.33. The zero-order chi connectivity index (χ0) is 16.5. The number of hydrogen-bond donors (Lipinski definition) is 0. The van der Waals surface area contributed by atoms with Crippen LogP contribution in [0.25, 0.3) is 0 Å². The summed E-state index contributed by atoms with van der Waals surface area (Å²) < 4.78 is 5.35. The van der Waals surface area contributed by atoms with Crippen LogP contribution in [-0.4, -0.2) is 5.97 Å². The molecule has 0 amide bonds. The molecule has 0 aliphatic heterocycles. The van der Waals surface area contributed by atoms with Gasteiger partial charge in [-0.2, -0.15) is 5.26 Å². The number of carbonyl (C=O) groups is 1. The lowest BCUT2D eigenvalue weighted by atomic mass is 10.1. The Balaban J connectivity index is 1.89. The minimum Gasteiger partial charge on any atom is -0.423 e. The van der Waals surface area contributed by atoms with E-state index >= 15 is 0 Å². The van der Waals surface area contributed by atoms with Gasteiger partial charge in [0.1, 0.15) is 5.75 Å². The predicted molar refractivity (Wildman–Crippen MR) is 90.4 cm³/mol. The minimum atomic E-state index is -0.412. The smallest absolute Gasteiger partial charge is 0.343 e. The van der Waals surface area contributed by atoms with Gasteiger partial charge in [0.25, 0.3) is 0 Å². The molecule has 2 aromatic rings. The lowest BCUT2D eigenvalue weighted by Gasteiger charge is -2.06. The van der Waals surface area contributed by atoms with E-state index in [2.05, 4.69) is 6.92 Å². The summed E-state index contributed by atoms with van der Waals surface area (Å²) in [7, 11) is 0. The van der Waals surface area contributed by atoms with Crippen molar-refractivity contribution < 1.29 is 9.53 Å². The number of nitriles is 1. The second-order valence-corrected chi connectivity index (χ2v) is 5.53. The number of hydrogen-bond acceptors (Lipinski definition) is 3. The standard InChI is InChI=1S/C20H21NO2/c1-2-3-4-5-6-16-9-13-19(14-10-16)23-20(22)18-11-7-17(15-21)8-12-18/h7-14H,2-6H2,1H3. The molecule has 0 saturated heterocycles. The fourth-order valence-electron chi connectivity index (χ4n) is 2.33. The van der Waals surface area contributed by atoms with E-state index in [0.29, 0.717) is 16.9 Å². The normalized spacial score (nSPS) is 10.1. The van der Waals surface area contributed by atoms with Crippen LogP contribution in [0.1, 0.15) is 54.1 Å². The summed E-state index contributed by atoms with van der Waals surface area (Å²) in [5, 5.41) is 8.75. The molecule has 0 radical (unpaired) electrons. The van der Waals surface area contributed by atoms with E-state index in [1.54, 1.807) is 24.3 Å². The fraction of sp³-hybridized carbons (Fsp3) is 0.300. The molecular weight excluding hydrogens is 286 g/mol. The van der Waals surface area contributed by atoms with Gasteiger partial charge in [-0.15, -0.1) is 0 Å². The molecule has 0 spiro atoms. The van der Waals surface area contributed by atoms with Gasteiger partial charge in [-0.1, -0.05) is 38.3 Å². The third-order valence-electron chi connectivity index (χ3n) is 3.70. The van der Waals surface area contributed by atoms with Crippen molar-refractivity contribution in [3.8, 4) is 11.8 Å². The van der Waals surface area contributed by atoms with Crippen LogP contribution in [0.2, 0.25) is 0 Å². The predicted octanol–water partition coefficient (Wildman–Crippen LogP) is 4.90. The number of rotatable bonds is 7. The Bertz CT molecular complexity index is 666. The Morgan fingerprint density at radius 2 is 1.70 bits per heavy atom. The highest BCUT2D eigenvalue weighted by molar-refractivity contribution is 5.91. The monoisotopic (exact) mass is 307 g/mol. The van der Waals surface area contributed by atoms with Crippen LogP contribution in [0, 0.1) is 11.3 Å². The molecule has 2 rings (SSSR count). The topological polar surface area (TPSA) is 50.1 Å². The lowest BCUT2D eigenvalue weighted by molar-refractivity contribution is 0.0734. The van der Waals surface area contributed by atoms with Crippen molar-refractivity contribution in [3.05, 3.63) is 65.2 Å². The second-order valence-electron chi connectivity index (χ2n) is 5.53. The summed E-state index contributed by atoms with van der Waals surface area (Å²) in [6.07, 6.45) is 6.03. The molecule has 0 unspecified atom stereocenters. The zero-order valence-corrected chi connectivity index (χ0v) is 13.4. The average Bonchev–Trinajstić information content (AvgIpc) is 2.60. The van der Waals surface area contributed by atoms with E-state index in [9.17, 15) is 4.79 Å². The van der Waals surface area contributed by atoms with Crippen molar-refractivity contribution in [1.29, 1.82) is 5.26 Å². The SMILES string of the molecule is CCCCCCc1ccc(OC(=O)c2ccc(C#N)cc2)cc1. The number of benzene rings is 2. The van der Waals surface area contributed by atoms with Crippen LogP contribution in [0.3, 0.4) is 0 Å². The molecule has 118 valence electrons. The van der Waals surface area contributed by atoms with Crippen LogP contribution >= 0.6 is 0 Å². The Labute approximate surface area is 137 Å². The van der Waals surface area contributed by atoms with Crippen molar-refractivity contribution in [2.24, 2.45) is 0 Å². The maximum atomic E-state index is 12.0. The van der Waals surface area contributed by atoms with Crippen molar-refractivity contribution in [1.82, 2.24) is 0 Å². The van der Waals surface area contributed by atoms with E-state index in [1.807, 2.05) is 30.3 Å². The lowest BCUT2D eigenvalue weighted by Crippen LogP contribution is -2.08. The van der Waals surface area contributed by atoms with E-state index in [4.69, 9.17) is 10.00 Å². The number of aryl methyl sites for hydroxylation is 1. The van der Waals surface area contributed by atoms with Crippen LogP contribution in [0.4, 0.5) is 0 Å². The summed E-state index contributed by atoms with van der Waals surface area (Å²) in [5.74, 6) is 0.127. The molecular formula is C20H21NO2. The summed E-state index contributed by atoms with van der Waals surface area (Å²) in [5.41, 5.74) is 2.22. The first kappa shape index (κ1) is 16.8. The molecule has 0 saturated carbocycles. The first-order chi connectivity index (χ1) is 11.2. The molecule has 23 heavy (non-hydrogen) atoms. The van der Waals surface area contributed by atoms with Crippen LogP contribution < -0.4 is 4.74 Å². The van der Waals surface area contributed by atoms with Crippen LogP contribution in [0.15, 0.2) is 48.5 Å². The Hall–Kier alpha value is -2.60. The molecule has 3 nitrogen and oxygen atoms in total. The van der Waals surface area contributed by atoms with Gasteiger partial charge < -0.3 is 4.74 Å². The molecule has 3 heteroatoms. The number of nitrogens with zero attached hydrogens (tertiary/aromatic N) is 1. The van der Waals surface area contributed by atoms with Gasteiger partial charge in [-0.25, -0.2) is 4.79 Å². The van der Waals surface area contributed by atoms with E-state index in [-0.39, 0.29) is 0 Å². The van der Waals surface area contributed by atoms with Gasteiger partial charge in [0.15, 0.2) is 0 Å². The largest absolute Gasteiger partial charge is 0.423 e.